The molecule has 0 saturated carbocycles. The fraction of sp³-hybridized carbons (Fsp3) is 0.192. The number of benzene rings is 2. The maximum absolute atomic E-state index is 9.51. The smallest absolute Gasteiger partial charge is 0.213 e. The van der Waals surface area contributed by atoms with Crippen molar-refractivity contribution in [1.82, 2.24) is 0 Å². The quantitative estimate of drug-likeness (QED) is 0.358. The van der Waals surface area contributed by atoms with E-state index >= 15 is 0 Å². The molecule has 3 aromatic rings. The number of β-amino-alcohol motifs (C(OH)–C–C–N with tert-alkyl or cyclic N) is 1. The lowest BCUT2D eigenvalue weighted by molar-refractivity contribution is -0.667. The minimum atomic E-state index is 0.0886. The van der Waals surface area contributed by atoms with Crippen LogP contribution in [0.15, 0.2) is 88.5 Å². The minimum Gasteiger partial charge on any atom is -0.395 e. The monoisotopic (exact) mass is 449 g/mol. The summed E-state index contributed by atoms with van der Waals surface area (Å²) in [4.78, 5) is 3.28. The van der Waals surface area contributed by atoms with Crippen LogP contribution in [0.4, 0.5) is 5.69 Å². The van der Waals surface area contributed by atoms with Gasteiger partial charge in [-0.2, -0.15) is 4.57 Å². The van der Waals surface area contributed by atoms with Crippen molar-refractivity contribution in [2.75, 3.05) is 18.1 Å². The van der Waals surface area contributed by atoms with Crippen LogP contribution in [0.1, 0.15) is 19.4 Å². The molecule has 1 N–H and O–H groups in total. The molecule has 1 aromatic heterocycles. The molecule has 0 saturated heterocycles. The van der Waals surface area contributed by atoms with E-state index in [4.69, 9.17) is 11.6 Å². The van der Waals surface area contributed by atoms with Gasteiger partial charge in [0.2, 0.25) is 5.52 Å². The summed E-state index contributed by atoms with van der Waals surface area (Å²) in [5.41, 5.74) is 4.66. The fourth-order valence-electron chi connectivity index (χ4n) is 3.74. The molecule has 31 heavy (non-hydrogen) atoms. The number of allylic oxidation sites excluding steroid dienone is 4. The Hall–Kier alpha value is -2.53. The predicted octanol–water partition coefficient (Wildman–Crippen LogP) is 6.21. The van der Waals surface area contributed by atoms with Crippen LogP contribution in [-0.4, -0.2) is 18.3 Å². The fourth-order valence-corrected chi connectivity index (χ4v) is 4.98. The Morgan fingerprint density at radius 1 is 1.19 bits per heavy atom. The highest BCUT2D eigenvalue weighted by Gasteiger charge is 2.24. The number of hydrogen-bond donors (Lipinski definition) is 1. The van der Waals surface area contributed by atoms with Gasteiger partial charge in [-0.25, -0.2) is 0 Å². The molecule has 0 unspecified atom stereocenters. The van der Waals surface area contributed by atoms with Crippen LogP contribution in [0.25, 0.3) is 17.0 Å². The number of hydrogen-bond acceptors (Lipinski definition) is 3. The van der Waals surface area contributed by atoms with Crippen molar-refractivity contribution in [2.45, 2.75) is 25.3 Å². The average Bonchev–Trinajstić information content (AvgIpc) is 3.13. The number of anilines is 1. The van der Waals surface area contributed by atoms with Gasteiger partial charge >= 0.3 is 0 Å². The molecule has 4 rings (SSSR count). The van der Waals surface area contributed by atoms with Gasteiger partial charge in [0.1, 0.15) is 6.54 Å². The van der Waals surface area contributed by atoms with Crippen LogP contribution < -0.4 is 9.47 Å². The average molecular weight is 450 g/mol. The topological polar surface area (TPSA) is 27.4 Å². The zero-order chi connectivity index (χ0) is 21.8. The minimum absolute atomic E-state index is 0.0886. The van der Waals surface area contributed by atoms with Crippen LogP contribution in [0.3, 0.4) is 0 Å². The van der Waals surface area contributed by atoms with E-state index in [2.05, 4.69) is 84.1 Å². The van der Waals surface area contributed by atoms with Crippen molar-refractivity contribution in [3.63, 3.8) is 0 Å². The maximum Gasteiger partial charge on any atom is 0.213 e. The zero-order valence-electron chi connectivity index (χ0n) is 17.8. The second-order valence-electron chi connectivity index (χ2n) is 7.41. The lowest BCUT2D eigenvalue weighted by Gasteiger charge is -2.19. The standard InChI is InChI=1S/C26H26ClN2OS/c1-3-28-15-14-20(22-6-4-5-7-23(22)28)10-8-19(2)9-13-26-29(16-17-30)24-18-21(27)11-12-25(24)31-26/h4-15,18,30H,3,16-17H2,1-2H3/q+1. The second kappa shape index (κ2) is 9.73. The van der Waals surface area contributed by atoms with E-state index in [1.165, 1.54) is 16.5 Å². The van der Waals surface area contributed by atoms with E-state index in [1.54, 1.807) is 11.8 Å². The Labute approximate surface area is 193 Å². The highest BCUT2D eigenvalue weighted by Crippen LogP contribution is 2.46. The van der Waals surface area contributed by atoms with Gasteiger partial charge in [0.15, 0.2) is 6.20 Å². The predicted molar refractivity (Wildman–Crippen MR) is 132 cm³/mol. The molecule has 0 amide bonds. The van der Waals surface area contributed by atoms with Gasteiger partial charge in [0.05, 0.1) is 22.7 Å². The number of fused-ring (bicyclic) bond motifs is 2. The van der Waals surface area contributed by atoms with Crippen molar-refractivity contribution in [3.8, 4) is 0 Å². The number of para-hydroxylation sites is 1. The molecular weight excluding hydrogens is 424 g/mol. The number of aromatic nitrogens is 1. The summed E-state index contributed by atoms with van der Waals surface area (Å²) < 4.78 is 2.26. The second-order valence-corrected chi connectivity index (χ2v) is 8.91. The molecule has 0 spiro atoms. The maximum atomic E-state index is 9.51. The first-order chi connectivity index (χ1) is 15.1. The van der Waals surface area contributed by atoms with Crippen LogP contribution in [0.2, 0.25) is 5.02 Å². The van der Waals surface area contributed by atoms with Gasteiger partial charge in [0.25, 0.3) is 0 Å². The highest BCUT2D eigenvalue weighted by atomic mass is 35.5. The first-order valence-corrected chi connectivity index (χ1v) is 11.6. The number of pyridine rings is 1. The molecule has 0 bridgehead atoms. The van der Waals surface area contributed by atoms with E-state index in [1.807, 2.05) is 18.2 Å². The van der Waals surface area contributed by atoms with E-state index < -0.39 is 0 Å². The number of rotatable bonds is 6. The number of nitrogens with zero attached hydrogens (tertiary/aromatic N) is 2. The normalized spacial score (nSPS) is 15.4. The number of thioether (sulfide) groups is 1. The summed E-state index contributed by atoms with van der Waals surface area (Å²) >= 11 is 7.88. The van der Waals surface area contributed by atoms with E-state index in [0.29, 0.717) is 11.6 Å². The summed E-state index contributed by atoms with van der Waals surface area (Å²) in [5.74, 6) is 0. The molecule has 1 aliphatic heterocycles. The lowest BCUT2D eigenvalue weighted by Crippen LogP contribution is -2.32. The number of aryl methyl sites for hydroxylation is 1. The third kappa shape index (κ3) is 4.72. The third-order valence-corrected chi connectivity index (χ3v) is 6.70. The van der Waals surface area contributed by atoms with Crippen molar-refractivity contribution in [3.05, 3.63) is 94.1 Å². The molecule has 0 fully saturated rings. The molecule has 0 atom stereocenters. The van der Waals surface area contributed by atoms with Crippen LogP contribution in [0, 0.1) is 0 Å². The number of halogens is 1. The summed E-state index contributed by atoms with van der Waals surface area (Å²) in [5, 5.41) is 12.6. The molecule has 1 aliphatic rings. The first kappa shape index (κ1) is 21.7. The van der Waals surface area contributed by atoms with Gasteiger partial charge < -0.3 is 10.0 Å². The largest absolute Gasteiger partial charge is 0.395 e. The Morgan fingerprint density at radius 3 is 2.84 bits per heavy atom. The van der Waals surface area contributed by atoms with Crippen LogP contribution in [-0.2, 0) is 6.54 Å². The molecule has 158 valence electrons. The highest BCUT2D eigenvalue weighted by molar-refractivity contribution is 8.03. The SMILES string of the molecule is CC[n+]1ccc(/C=C/C(C)=C\C=C2/Sc3ccc(Cl)cc3N2CCO)c2ccccc21. The lowest BCUT2D eigenvalue weighted by atomic mass is 10.1. The van der Waals surface area contributed by atoms with Crippen molar-refractivity contribution in [1.29, 1.82) is 0 Å². The first-order valence-electron chi connectivity index (χ1n) is 10.4. The van der Waals surface area contributed by atoms with Gasteiger partial charge in [-0.1, -0.05) is 59.3 Å². The molecule has 5 heteroatoms. The van der Waals surface area contributed by atoms with Gasteiger partial charge in [-0.3, -0.25) is 0 Å². The zero-order valence-corrected chi connectivity index (χ0v) is 19.3. The third-order valence-electron chi connectivity index (χ3n) is 5.33. The summed E-state index contributed by atoms with van der Waals surface area (Å²) in [6.07, 6.45) is 10.7. The van der Waals surface area contributed by atoms with E-state index in [9.17, 15) is 5.11 Å². The Kier molecular flexibility index (Phi) is 6.81. The Bertz CT molecular complexity index is 1200. The van der Waals surface area contributed by atoms with Gasteiger partial charge in [-0.15, -0.1) is 0 Å². The Balaban J connectivity index is 1.59. The van der Waals surface area contributed by atoms with Crippen molar-refractivity contribution < 1.29 is 9.67 Å². The number of aliphatic hydroxyl groups is 1. The van der Waals surface area contributed by atoms with Crippen molar-refractivity contribution in [2.24, 2.45) is 0 Å². The molecule has 0 aliphatic carbocycles. The summed E-state index contributed by atoms with van der Waals surface area (Å²) in [6, 6.07) is 16.6. The molecular formula is C26H26ClN2OS+. The van der Waals surface area contributed by atoms with Crippen LogP contribution in [0.5, 0.6) is 0 Å². The van der Waals surface area contributed by atoms with Gasteiger partial charge in [0, 0.05) is 28.6 Å². The van der Waals surface area contributed by atoms with E-state index in [0.717, 1.165) is 27.7 Å². The molecule has 2 aromatic carbocycles. The van der Waals surface area contributed by atoms with Gasteiger partial charge in [-0.05, 0) is 49.8 Å². The van der Waals surface area contributed by atoms with Crippen LogP contribution >= 0.6 is 23.4 Å². The molecule has 0 radical (unpaired) electrons. The number of aliphatic hydroxyl groups excluding tert-OH is 1. The molecule has 3 nitrogen and oxygen atoms in total. The summed E-state index contributed by atoms with van der Waals surface area (Å²) in [7, 11) is 0. The van der Waals surface area contributed by atoms with Crippen molar-refractivity contribution >= 4 is 46.0 Å². The molecule has 2 heterocycles. The summed E-state index contributed by atoms with van der Waals surface area (Å²) in [6.45, 7) is 5.85. The Morgan fingerprint density at radius 2 is 2.03 bits per heavy atom. The van der Waals surface area contributed by atoms with E-state index in [-0.39, 0.29) is 6.61 Å².